The normalized spacial score (nSPS) is 13.0. The lowest BCUT2D eigenvalue weighted by Crippen LogP contribution is -2.12. The van der Waals surface area contributed by atoms with Gasteiger partial charge in [-0.1, -0.05) is 119 Å². The van der Waals surface area contributed by atoms with E-state index in [1.54, 1.807) is 0 Å². The molecule has 6 rings (SSSR count). The van der Waals surface area contributed by atoms with E-state index in [1.165, 1.54) is 22.3 Å². The smallest absolute Gasteiger partial charge is 0.116 e. The maximum absolute atomic E-state index is 5.38. The van der Waals surface area contributed by atoms with Crippen molar-refractivity contribution in [3.05, 3.63) is 107 Å². The molecule has 0 saturated heterocycles. The van der Waals surface area contributed by atoms with Crippen LogP contribution in [-0.4, -0.2) is 9.97 Å². The highest BCUT2D eigenvalue weighted by molar-refractivity contribution is 6.16. The Bertz CT molecular complexity index is 1970. The Labute approximate surface area is 287 Å². The Morgan fingerprint density at radius 3 is 0.958 bits per heavy atom. The summed E-state index contributed by atoms with van der Waals surface area (Å²) in [5.41, 5.74) is 12.8. The zero-order valence-corrected chi connectivity index (χ0v) is 31.0. The van der Waals surface area contributed by atoms with Crippen molar-refractivity contribution in [3.8, 4) is 0 Å². The summed E-state index contributed by atoms with van der Waals surface area (Å²) in [6.45, 7) is 27.0. The Balaban J connectivity index is 1.65. The summed E-state index contributed by atoms with van der Waals surface area (Å²) in [6.07, 6.45) is 0. The fourth-order valence-corrected chi connectivity index (χ4v) is 6.20. The third-order valence-corrected chi connectivity index (χ3v) is 9.47. The zero-order valence-electron chi connectivity index (χ0n) is 31.0. The molecule has 0 bridgehead atoms. The summed E-state index contributed by atoms with van der Waals surface area (Å²) in [7, 11) is 0. The molecule has 4 heteroatoms. The minimum atomic E-state index is -0.0130. The minimum Gasteiger partial charge on any atom is -0.353 e. The van der Waals surface area contributed by atoms with Gasteiger partial charge in [-0.2, -0.15) is 0 Å². The van der Waals surface area contributed by atoms with Crippen LogP contribution in [-0.2, 0) is 21.7 Å². The molecule has 0 aliphatic rings. The Morgan fingerprint density at radius 2 is 0.667 bits per heavy atom. The van der Waals surface area contributed by atoms with Crippen molar-refractivity contribution in [2.45, 2.75) is 105 Å². The lowest BCUT2D eigenvalue weighted by Gasteiger charge is -2.23. The monoisotopic (exact) mass is 636 g/mol. The second-order valence-electron chi connectivity index (χ2n) is 17.5. The van der Waals surface area contributed by atoms with Gasteiger partial charge in [-0.05, 0) is 92.4 Å². The van der Waals surface area contributed by atoms with Crippen molar-refractivity contribution >= 4 is 55.6 Å². The summed E-state index contributed by atoms with van der Waals surface area (Å²) in [6, 6.07) is 31.0. The number of pyridine rings is 2. The van der Waals surface area contributed by atoms with Gasteiger partial charge < -0.3 is 10.6 Å². The van der Waals surface area contributed by atoms with Gasteiger partial charge in [0.2, 0.25) is 0 Å². The van der Waals surface area contributed by atoms with Gasteiger partial charge in [0, 0.05) is 22.1 Å². The van der Waals surface area contributed by atoms with Crippen LogP contribution in [0.5, 0.6) is 0 Å². The molecule has 0 fully saturated rings. The van der Waals surface area contributed by atoms with Crippen LogP contribution in [0.15, 0.2) is 84.9 Å². The van der Waals surface area contributed by atoms with Crippen LogP contribution in [0, 0.1) is 0 Å². The van der Waals surface area contributed by atoms with Gasteiger partial charge in [0.1, 0.15) is 11.0 Å². The first-order chi connectivity index (χ1) is 22.3. The van der Waals surface area contributed by atoms with Crippen molar-refractivity contribution < 1.29 is 0 Å². The third-order valence-electron chi connectivity index (χ3n) is 9.47. The molecule has 248 valence electrons. The molecule has 0 aliphatic heterocycles. The second-order valence-corrected chi connectivity index (χ2v) is 17.5. The number of aromatic nitrogens is 2. The molecule has 2 aromatic heterocycles. The minimum absolute atomic E-state index is 0.0130. The average molecular weight is 637 g/mol. The molecular formula is C44H52N4. The predicted molar refractivity (Wildman–Crippen MR) is 209 cm³/mol. The Hall–Kier alpha value is -4.44. The number of rotatable bonds is 4. The summed E-state index contributed by atoms with van der Waals surface area (Å²) < 4.78 is 0. The zero-order chi connectivity index (χ0) is 34.8. The van der Waals surface area contributed by atoms with E-state index in [1.807, 2.05) is 0 Å². The number of nitrogens with one attached hydrogen (secondary N) is 2. The van der Waals surface area contributed by atoms with Gasteiger partial charge in [0.05, 0.1) is 22.4 Å². The first-order valence-electron chi connectivity index (χ1n) is 17.3. The molecule has 4 aromatic carbocycles. The van der Waals surface area contributed by atoms with E-state index in [9.17, 15) is 0 Å². The van der Waals surface area contributed by atoms with Crippen LogP contribution in [0.3, 0.4) is 0 Å². The van der Waals surface area contributed by atoms with Gasteiger partial charge in [0.15, 0.2) is 0 Å². The average Bonchev–Trinajstić information content (AvgIpc) is 2.99. The van der Waals surface area contributed by atoms with E-state index >= 15 is 0 Å². The molecule has 4 nitrogen and oxygen atoms in total. The Morgan fingerprint density at radius 1 is 0.375 bits per heavy atom. The largest absolute Gasteiger partial charge is 0.353 e. The van der Waals surface area contributed by atoms with Crippen LogP contribution < -0.4 is 10.6 Å². The lowest BCUT2D eigenvalue weighted by atomic mass is 9.85. The molecule has 2 heterocycles. The first kappa shape index (κ1) is 33.5. The molecule has 0 aliphatic carbocycles. The molecule has 0 atom stereocenters. The molecule has 0 saturated carbocycles. The summed E-state index contributed by atoms with van der Waals surface area (Å²) in [5.74, 6) is 0. The van der Waals surface area contributed by atoms with E-state index < -0.39 is 0 Å². The van der Waals surface area contributed by atoms with E-state index in [0.717, 1.165) is 55.6 Å². The molecule has 2 N–H and O–H groups in total. The van der Waals surface area contributed by atoms with Crippen molar-refractivity contribution in [1.29, 1.82) is 0 Å². The summed E-state index contributed by atoms with van der Waals surface area (Å²) in [5, 5.41) is 9.79. The van der Waals surface area contributed by atoms with E-state index in [2.05, 4.69) is 179 Å². The predicted octanol–water partition coefficient (Wildman–Crippen LogP) is 12.6. The van der Waals surface area contributed by atoms with Crippen molar-refractivity contribution in [1.82, 2.24) is 9.97 Å². The fraction of sp³-hybridized carbons (Fsp3) is 0.364. The molecule has 0 amide bonds. The van der Waals surface area contributed by atoms with Crippen molar-refractivity contribution in [2.75, 3.05) is 10.6 Å². The van der Waals surface area contributed by atoms with Crippen LogP contribution in [0.1, 0.15) is 105 Å². The van der Waals surface area contributed by atoms with E-state index in [0.29, 0.717) is 0 Å². The summed E-state index contributed by atoms with van der Waals surface area (Å²) in [4.78, 5) is 10.8. The highest BCUT2D eigenvalue weighted by atomic mass is 15.0. The second kappa shape index (κ2) is 11.6. The highest BCUT2D eigenvalue weighted by Gasteiger charge is 2.23. The number of nitrogens with zero attached hydrogens (tertiary/aromatic N) is 2. The van der Waals surface area contributed by atoms with Crippen LogP contribution >= 0.6 is 0 Å². The molecular weight excluding hydrogens is 585 g/mol. The Kier molecular flexibility index (Phi) is 8.10. The standard InChI is InChI=1S/C44H52N4/c1-41(2,3)27-13-19-31(20-14-27)45-37-33-25-29(43(7,8)9)17-23-35(33)48-40-38(46-32-21-15-28(16-22-32)42(4,5)6)34-26-30(44(10,11)12)18-24-36(34)47-39(37)40/h13-26H,1-12H3,(H,45,48)(H,46,47). The van der Waals surface area contributed by atoms with Gasteiger partial charge in [-0.25, -0.2) is 9.97 Å². The molecule has 0 radical (unpaired) electrons. The van der Waals surface area contributed by atoms with Gasteiger partial charge in [-0.15, -0.1) is 0 Å². The first-order valence-corrected chi connectivity index (χ1v) is 17.3. The number of fused-ring (bicyclic) bond motifs is 3. The van der Waals surface area contributed by atoms with Gasteiger partial charge in [0.25, 0.3) is 0 Å². The van der Waals surface area contributed by atoms with E-state index in [-0.39, 0.29) is 21.7 Å². The van der Waals surface area contributed by atoms with Gasteiger partial charge >= 0.3 is 0 Å². The third kappa shape index (κ3) is 6.63. The van der Waals surface area contributed by atoms with E-state index in [4.69, 9.17) is 9.97 Å². The summed E-state index contributed by atoms with van der Waals surface area (Å²) >= 11 is 0. The maximum Gasteiger partial charge on any atom is 0.116 e. The van der Waals surface area contributed by atoms with Crippen molar-refractivity contribution in [2.24, 2.45) is 0 Å². The number of benzene rings is 4. The number of hydrogen-bond donors (Lipinski definition) is 2. The molecule has 6 aromatic rings. The fourth-order valence-electron chi connectivity index (χ4n) is 6.20. The van der Waals surface area contributed by atoms with Crippen LogP contribution in [0.25, 0.3) is 32.8 Å². The molecule has 0 spiro atoms. The number of anilines is 4. The highest BCUT2D eigenvalue weighted by Crippen LogP contribution is 2.42. The topological polar surface area (TPSA) is 49.8 Å². The van der Waals surface area contributed by atoms with Crippen LogP contribution in [0.4, 0.5) is 22.7 Å². The van der Waals surface area contributed by atoms with Crippen LogP contribution in [0.2, 0.25) is 0 Å². The lowest BCUT2D eigenvalue weighted by molar-refractivity contribution is 0.590. The SMILES string of the molecule is CC(C)(C)c1ccc(Nc2c3cc(C(C)(C)C)ccc3nc3c(Nc4ccc(C(C)(C)C)cc4)c4cc(C(C)(C)C)ccc4nc23)cc1. The quantitative estimate of drug-likeness (QED) is 0.189. The molecule has 48 heavy (non-hydrogen) atoms. The van der Waals surface area contributed by atoms with Crippen molar-refractivity contribution in [3.63, 3.8) is 0 Å². The number of hydrogen-bond acceptors (Lipinski definition) is 4. The van der Waals surface area contributed by atoms with Gasteiger partial charge in [-0.3, -0.25) is 0 Å². The molecule has 0 unspecified atom stereocenters. The maximum atomic E-state index is 5.38.